The van der Waals surface area contributed by atoms with Crippen LogP contribution in [0.4, 0.5) is 8.78 Å². The number of aromatic nitrogens is 1. The highest BCUT2D eigenvalue weighted by molar-refractivity contribution is 5.80. The molecule has 1 aromatic carbocycles. The second kappa shape index (κ2) is 6.10. The number of aromatic amines is 1. The Morgan fingerprint density at radius 2 is 1.92 bits per heavy atom. The fourth-order valence-electron chi connectivity index (χ4n) is 2.92. The number of nitrogens with zero attached hydrogens (tertiary/aromatic N) is 1. The molecule has 4 nitrogen and oxygen atoms in total. The lowest BCUT2D eigenvalue weighted by molar-refractivity contribution is -0.00639. The smallest absolute Gasteiger partial charge is 0.301 e. The predicted octanol–water partition coefficient (Wildman–Crippen LogP) is 4.57. The molecule has 3 aromatic rings. The third kappa shape index (κ3) is 3.25. The number of alkyl halides is 2. The fourth-order valence-corrected chi connectivity index (χ4v) is 2.92. The van der Waals surface area contributed by atoms with Crippen LogP contribution >= 0.6 is 0 Å². The molecule has 0 aliphatic carbocycles. The second-order valence-corrected chi connectivity index (χ2v) is 6.86. The topological polar surface area (TPSA) is 69.8 Å². The van der Waals surface area contributed by atoms with E-state index in [9.17, 15) is 18.8 Å². The number of H-pyrrole nitrogens is 1. The van der Waals surface area contributed by atoms with Gasteiger partial charge in [0.15, 0.2) is 5.76 Å². The second-order valence-electron chi connectivity index (χ2n) is 6.86. The van der Waals surface area contributed by atoms with Gasteiger partial charge < -0.3 is 9.40 Å². The lowest BCUT2D eigenvalue weighted by atomic mass is 9.80. The Morgan fingerprint density at radius 3 is 2.54 bits per heavy atom. The zero-order chi connectivity index (χ0) is 19.1. The predicted molar refractivity (Wildman–Crippen MR) is 94.3 cm³/mol. The van der Waals surface area contributed by atoms with Crippen LogP contribution in [-0.2, 0) is 17.8 Å². The van der Waals surface area contributed by atoms with Gasteiger partial charge in [0, 0.05) is 24.4 Å². The monoisotopic (exact) mass is 356 g/mol. The van der Waals surface area contributed by atoms with Crippen molar-refractivity contribution in [3.05, 3.63) is 69.4 Å². The van der Waals surface area contributed by atoms with Gasteiger partial charge in [-0.25, -0.2) is 0 Å². The van der Waals surface area contributed by atoms with Gasteiger partial charge in [-0.3, -0.25) is 4.79 Å². The van der Waals surface area contributed by atoms with E-state index < -0.39 is 17.1 Å². The number of aryl methyl sites for hydroxylation is 1. The van der Waals surface area contributed by atoms with Crippen LogP contribution in [0.5, 0.6) is 0 Å². The van der Waals surface area contributed by atoms with Gasteiger partial charge in [0.25, 0.3) is 5.56 Å². The lowest BCUT2D eigenvalue weighted by Gasteiger charge is -2.21. The largest absolute Gasteiger partial charge is 0.460 e. The Balaban J connectivity index is 2.00. The first-order valence-electron chi connectivity index (χ1n) is 8.15. The summed E-state index contributed by atoms with van der Waals surface area (Å²) in [6, 6.07) is 12.1. The number of nitrogens with one attached hydrogen (secondary N) is 1. The Bertz CT molecular complexity index is 1070. The molecule has 1 unspecified atom stereocenters. The standard InChI is InChI=1S/C20H18F2N2O2/c1-12-8-13-4-5-14(9-16(13)24-18(12)25)19(2,11-23)10-15-6-7-17(26-15)20(3,21)22/h4-9H,10H2,1-3H3,(H,24,25). The third-order valence-electron chi connectivity index (χ3n) is 4.54. The molecule has 2 heterocycles. The van der Waals surface area contributed by atoms with Gasteiger partial charge in [0.2, 0.25) is 0 Å². The number of pyridine rings is 1. The summed E-state index contributed by atoms with van der Waals surface area (Å²) in [5, 5.41) is 10.6. The Morgan fingerprint density at radius 1 is 1.19 bits per heavy atom. The van der Waals surface area contributed by atoms with Crippen LogP contribution in [0.3, 0.4) is 0 Å². The number of halogens is 2. The summed E-state index contributed by atoms with van der Waals surface area (Å²) in [5.74, 6) is -3.18. The van der Waals surface area contributed by atoms with Crippen molar-refractivity contribution < 1.29 is 13.2 Å². The van der Waals surface area contributed by atoms with Crippen LogP contribution in [0.25, 0.3) is 10.9 Å². The highest BCUT2D eigenvalue weighted by atomic mass is 19.3. The number of furan rings is 1. The molecule has 3 rings (SSSR count). The van der Waals surface area contributed by atoms with Gasteiger partial charge >= 0.3 is 5.92 Å². The molecule has 1 N–H and O–H groups in total. The molecule has 26 heavy (non-hydrogen) atoms. The van der Waals surface area contributed by atoms with Crippen molar-refractivity contribution in [3.63, 3.8) is 0 Å². The summed E-state index contributed by atoms with van der Waals surface area (Å²) >= 11 is 0. The summed E-state index contributed by atoms with van der Waals surface area (Å²) in [6.45, 7) is 4.21. The molecule has 0 aliphatic rings. The number of nitriles is 1. The van der Waals surface area contributed by atoms with E-state index in [0.29, 0.717) is 22.4 Å². The zero-order valence-corrected chi connectivity index (χ0v) is 14.7. The van der Waals surface area contributed by atoms with Gasteiger partial charge in [-0.2, -0.15) is 14.0 Å². The minimum absolute atomic E-state index is 0.140. The first-order chi connectivity index (χ1) is 12.1. The van der Waals surface area contributed by atoms with Crippen LogP contribution in [0, 0.1) is 18.3 Å². The van der Waals surface area contributed by atoms with Crippen LogP contribution < -0.4 is 5.56 Å². The highest BCUT2D eigenvalue weighted by Gasteiger charge is 2.32. The van der Waals surface area contributed by atoms with Crippen LogP contribution in [0.2, 0.25) is 0 Å². The molecule has 134 valence electrons. The maximum Gasteiger partial charge on any atom is 0.301 e. The van der Waals surface area contributed by atoms with Gasteiger partial charge in [-0.1, -0.05) is 12.1 Å². The van der Waals surface area contributed by atoms with Gasteiger partial charge in [0.1, 0.15) is 5.76 Å². The first kappa shape index (κ1) is 17.9. The van der Waals surface area contributed by atoms with E-state index in [1.807, 2.05) is 12.1 Å². The van der Waals surface area contributed by atoms with E-state index >= 15 is 0 Å². The van der Waals surface area contributed by atoms with Gasteiger partial charge in [-0.15, -0.1) is 0 Å². The van der Waals surface area contributed by atoms with Gasteiger partial charge in [-0.05, 0) is 49.1 Å². The normalized spacial score (nSPS) is 14.2. The minimum Gasteiger partial charge on any atom is -0.460 e. The number of benzene rings is 1. The van der Waals surface area contributed by atoms with Crippen LogP contribution in [-0.4, -0.2) is 4.98 Å². The van der Waals surface area contributed by atoms with E-state index in [1.54, 1.807) is 26.0 Å². The van der Waals surface area contributed by atoms with E-state index in [4.69, 9.17) is 4.42 Å². The molecule has 0 saturated heterocycles. The molecule has 2 aromatic heterocycles. The van der Waals surface area contributed by atoms with Crippen molar-refractivity contribution in [1.29, 1.82) is 5.26 Å². The lowest BCUT2D eigenvalue weighted by Crippen LogP contribution is -2.23. The molecule has 0 radical (unpaired) electrons. The molecular weight excluding hydrogens is 338 g/mol. The maximum absolute atomic E-state index is 13.4. The first-order valence-corrected chi connectivity index (χ1v) is 8.15. The van der Waals surface area contributed by atoms with E-state index in [1.165, 1.54) is 12.1 Å². The quantitative estimate of drug-likeness (QED) is 0.745. The maximum atomic E-state index is 13.4. The Kier molecular flexibility index (Phi) is 4.19. The summed E-state index contributed by atoms with van der Waals surface area (Å²) in [7, 11) is 0. The number of hydrogen-bond donors (Lipinski definition) is 1. The Labute approximate surface area is 149 Å². The van der Waals surface area contributed by atoms with Crippen molar-refractivity contribution >= 4 is 10.9 Å². The van der Waals surface area contributed by atoms with E-state index in [2.05, 4.69) is 11.1 Å². The summed E-state index contributed by atoms with van der Waals surface area (Å²) in [5.41, 5.74) is 0.729. The minimum atomic E-state index is -3.07. The molecule has 6 heteroatoms. The highest BCUT2D eigenvalue weighted by Crippen LogP contribution is 2.33. The zero-order valence-electron chi connectivity index (χ0n) is 14.7. The average molecular weight is 356 g/mol. The average Bonchev–Trinajstić information content (AvgIpc) is 3.04. The van der Waals surface area contributed by atoms with Crippen molar-refractivity contribution in [1.82, 2.24) is 4.98 Å². The summed E-state index contributed by atoms with van der Waals surface area (Å²) in [6.07, 6.45) is 0.140. The molecule has 0 amide bonds. The molecule has 0 bridgehead atoms. The number of rotatable bonds is 4. The van der Waals surface area contributed by atoms with Crippen molar-refractivity contribution in [2.45, 2.75) is 38.5 Å². The van der Waals surface area contributed by atoms with Crippen molar-refractivity contribution in [2.24, 2.45) is 0 Å². The number of fused-ring (bicyclic) bond motifs is 1. The van der Waals surface area contributed by atoms with E-state index in [-0.39, 0.29) is 12.0 Å². The fraction of sp³-hybridized carbons (Fsp3) is 0.300. The Hall–Kier alpha value is -2.94. The summed E-state index contributed by atoms with van der Waals surface area (Å²) in [4.78, 5) is 14.6. The van der Waals surface area contributed by atoms with Crippen molar-refractivity contribution in [2.75, 3.05) is 0 Å². The van der Waals surface area contributed by atoms with Crippen LogP contribution in [0.1, 0.15) is 36.5 Å². The molecular formula is C20H18F2N2O2. The molecule has 0 fully saturated rings. The van der Waals surface area contributed by atoms with Gasteiger partial charge in [0.05, 0.1) is 11.5 Å². The number of hydrogen-bond acceptors (Lipinski definition) is 3. The molecule has 1 atom stereocenters. The summed E-state index contributed by atoms with van der Waals surface area (Å²) < 4.78 is 31.9. The molecule has 0 aliphatic heterocycles. The molecule has 0 spiro atoms. The third-order valence-corrected chi connectivity index (χ3v) is 4.54. The van der Waals surface area contributed by atoms with Crippen LogP contribution in [0.15, 0.2) is 45.6 Å². The van der Waals surface area contributed by atoms with Crippen molar-refractivity contribution in [3.8, 4) is 6.07 Å². The molecule has 0 saturated carbocycles. The SMILES string of the molecule is Cc1cc2ccc(C(C)(C#N)Cc3ccc(C(C)(F)F)o3)cc2[nH]c1=O. The van der Waals surface area contributed by atoms with E-state index in [0.717, 1.165) is 12.3 Å².